The summed E-state index contributed by atoms with van der Waals surface area (Å²) in [6.45, 7) is 1.24. The van der Waals surface area contributed by atoms with Crippen LogP contribution < -0.4 is 10.6 Å². The molecule has 3 rings (SSSR count). The van der Waals surface area contributed by atoms with Crippen molar-refractivity contribution < 1.29 is 9.31 Å². The second kappa shape index (κ2) is 11.5. The van der Waals surface area contributed by atoms with E-state index in [1.807, 2.05) is 17.5 Å². The Morgan fingerprint density at radius 1 is 1.03 bits per heavy atom. The summed E-state index contributed by atoms with van der Waals surface area (Å²) < 4.78 is 13.8. The maximum Gasteiger partial charge on any atom is 0.269 e. The zero-order valence-corrected chi connectivity index (χ0v) is 18.5. The Hall–Kier alpha value is -2.53. The number of nitrogens with zero attached hydrogens (tertiary/aromatic N) is 2. The van der Waals surface area contributed by atoms with Gasteiger partial charge in [0.05, 0.1) is 18.0 Å². The van der Waals surface area contributed by atoms with E-state index < -0.39 is 4.92 Å². The quantitative estimate of drug-likeness (QED) is 0.152. The SMILES string of the molecule is I.O=[N+]([O-])c1ccc(CN=C(NCc2cccs2)NCc2ccccc2F)cc1. The number of benzene rings is 2. The van der Waals surface area contributed by atoms with Crippen LogP contribution in [0.15, 0.2) is 71.0 Å². The number of nitrogens with one attached hydrogen (secondary N) is 2. The third-order valence-electron chi connectivity index (χ3n) is 3.98. The van der Waals surface area contributed by atoms with Gasteiger partial charge in [-0.1, -0.05) is 36.4 Å². The highest BCUT2D eigenvalue weighted by molar-refractivity contribution is 14.0. The van der Waals surface area contributed by atoms with Crippen molar-refractivity contribution in [2.75, 3.05) is 0 Å². The molecule has 0 amide bonds. The third kappa shape index (κ3) is 7.09. The number of nitro benzene ring substituents is 1. The van der Waals surface area contributed by atoms with Crippen molar-refractivity contribution in [2.24, 2.45) is 4.99 Å². The minimum atomic E-state index is -0.434. The average molecular weight is 526 g/mol. The molecule has 6 nitrogen and oxygen atoms in total. The molecule has 0 saturated carbocycles. The van der Waals surface area contributed by atoms with Crippen LogP contribution in [-0.4, -0.2) is 10.9 Å². The van der Waals surface area contributed by atoms with Crippen LogP contribution in [0.3, 0.4) is 0 Å². The number of guanidine groups is 1. The lowest BCUT2D eigenvalue weighted by Gasteiger charge is -2.13. The number of halogens is 2. The molecule has 0 unspecified atom stereocenters. The monoisotopic (exact) mass is 526 g/mol. The van der Waals surface area contributed by atoms with Gasteiger partial charge >= 0.3 is 0 Å². The highest BCUT2D eigenvalue weighted by atomic mass is 127. The summed E-state index contributed by atoms with van der Waals surface area (Å²) in [5.41, 5.74) is 1.43. The Morgan fingerprint density at radius 3 is 2.41 bits per heavy atom. The van der Waals surface area contributed by atoms with Crippen LogP contribution in [0.5, 0.6) is 0 Å². The van der Waals surface area contributed by atoms with Gasteiger partial charge in [0.1, 0.15) is 5.82 Å². The molecule has 1 aromatic heterocycles. The fraction of sp³-hybridized carbons (Fsp3) is 0.150. The summed E-state index contributed by atoms with van der Waals surface area (Å²) in [5.74, 6) is 0.262. The van der Waals surface area contributed by atoms with Crippen LogP contribution in [0, 0.1) is 15.9 Å². The Kier molecular flexibility index (Phi) is 9.00. The van der Waals surface area contributed by atoms with E-state index >= 15 is 0 Å². The van der Waals surface area contributed by atoms with Crippen molar-refractivity contribution in [2.45, 2.75) is 19.6 Å². The van der Waals surface area contributed by atoms with Gasteiger partial charge in [-0.3, -0.25) is 10.1 Å². The van der Waals surface area contributed by atoms with Crippen LogP contribution in [0.25, 0.3) is 0 Å². The lowest BCUT2D eigenvalue weighted by molar-refractivity contribution is -0.384. The second-order valence-electron chi connectivity index (χ2n) is 5.97. The van der Waals surface area contributed by atoms with E-state index in [0.717, 1.165) is 10.4 Å². The molecule has 152 valence electrons. The molecule has 9 heteroatoms. The minimum Gasteiger partial charge on any atom is -0.352 e. The van der Waals surface area contributed by atoms with Crippen molar-refractivity contribution in [3.63, 3.8) is 0 Å². The molecule has 2 aromatic carbocycles. The number of hydrogen-bond donors (Lipinski definition) is 2. The standard InChI is InChI=1S/C20H19FN4O2S.HI/c21-19-6-2-1-4-16(19)13-23-20(24-14-18-5-3-11-28-18)22-12-15-7-9-17(10-8-15)25(26)27;/h1-11H,12-14H2,(H2,22,23,24);1H. The predicted octanol–water partition coefficient (Wildman–Crippen LogP) is 4.85. The van der Waals surface area contributed by atoms with Gasteiger partial charge < -0.3 is 10.6 Å². The number of nitro groups is 1. The number of hydrogen-bond acceptors (Lipinski definition) is 4. The van der Waals surface area contributed by atoms with Crippen molar-refractivity contribution >= 4 is 47.0 Å². The Morgan fingerprint density at radius 2 is 1.76 bits per heavy atom. The maximum absolute atomic E-state index is 13.8. The molecule has 0 aliphatic carbocycles. The van der Waals surface area contributed by atoms with E-state index in [1.165, 1.54) is 18.2 Å². The molecule has 0 radical (unpaired) electrons. The molecule has 3 aromatic rings. The van der Waals surface area contributed by atoms with Gasteiger partial charge in [-0.25, -0.2) is 9.38 Å². The van der Waals surface area contributed by atoms with Gasteiger partial charge in [0, 0.05) is 29.1 Å². The normalized spacial score (nSPS) is 10.9. The average Bonchev–Trinajstić information content (AvgIpc) is 3.22. The van der Waals surface area contributed by atoms with Crippen molar-refractivity contribution in [1.82, 2.24) is 10.6 Å². The number of non-ortho nitro benzene ring substituents is 1. The Bertz CT molecular complexity index is 949. The van der Waals surface area contributed by atoms with E-state index in [4.69, 9.17) is 0 Å². The number of thiophene rings is 1. The van der Waals surface area contributed by atoms with Crippen molar-refractivity contribution in [3.05, 3.63) is 98.0 Å². The summed E-state index contributed by atoms with van der Waals surface area (Å²) in [6.07, 6.45) is 0. The topological polar surface area (TPSA) is 79.6 Å². The molecule has 2 N–H and O–H groups in total. The zero-order chi connectivity index (χ0) is 19.8. The summed E-state index contributed by atoms with van der Waals surface area (Å²) in [6, 6.07) is 16.8. The molecule has 0 aliphatic heterocycles. The van der Waals surface area contributed by atoms with Crippen LogP contribution in [0.4, 0.5) is 10.1 Å². The Labute approximate surface area is 189 Å². The lowest BCUT2D eigenvalue weighted by atomic mass is 10.2. The molecular weight excluding hydrogens is 506 g/mol. The molecule has 29 heavy (non-hydrogen) atoms. The summed E-state index contributed by atoms with van der Waals surface area (Å²) >= 11 is 1.63. The fourth-order valence-corrected chi connectivity index (χ4v) is 3.12. The first kappa shape index (κ1) is 22.8. The smallest absolute Gasteiger partial charge is 0.269 e. The van der Waals surface area contributed by atoms with E-state index in [1.54, 1.807) is 41.7 Å². The summed E-state index contributed by atoms with van der Waals surface area (Å²) in [7, 11) is 0. The third-order valence-corrected chi connectivity index (χ3v) is 4.86. The van der Waals surface area contributed by atoms with Crippen molar-refractivity contribution in [3.8, 4) is 0 Å². The van der Waals surface area contributed by atoms with Gasteiger partial charge in [-0.2, -0.15) is 0 Å². The van der Waals surface area contributed by atoms with Gasteiger partial charge in [-0.15, -0.1) is 35.3 Å². The van der Waals surface area contributed by atoms with Gasteiger partial charge in [0.2, 0.25) is 0 Å². The van der Waals surface area contributed by atoms with Crippen LogP contribution in [-0.2, 0) is 19.6 Å². The fourth-order valence-electron chi connectivity index (χ4n) is 2.47. The summed E-state index contributed by atoms with van der Waals surface area (Å²) in [5, 5.41) is 19.1. The molecular formula is C20H20FIN4O2S. The number of aliphatic imine (C=N–C) groups is 1. The largest absolute Gasteiger partial charge is 0.352 e. The highest BCUT2D eigenvalue weighted by Crippen LogP contribution is 2.13. The molecule has 0 atom stereocenters. The molecule has 0 spiro atoms. The Balaban J connectivity index is 0.00000300. The molecule has 0 bridgehead atoms. The van der Waals surface area contributed by atoms with Gasteiger partial charge in [0.25, 0.3) is 5.69 Å². The molecule has 0 saturated heterocycles. The summed E-state index contributed by atoms with van der Waals surface area (Å²) in [4.78, 5) is 16.0. The van der Waals surface area contributed by atoms with Gasteiger partial charge in [0.15, 0.2) is 5.96 Å². The first-order valence-corrected chi connectivity index (χ1v) is 9.51. The second-order valence-corrected chi connectivity index (χ2v) is 7.00. The van der Waals surface area contributed by atoms with Crippen LogP contribution in [0.2, 0.25) is 0 Å². The lowest BCUT2D eigenvalue weighted by Crippen LogP contribution is -2.36. The molecule has 0 fully saturated rings. The van der Waals surface area contributed by atoms with E-state index in [0.29, 0.717) is 31.2 Å². The maximum atomic E-state index is 13.8. The predicted molar refractivity (Wildman–Crippen MR) is 124 cm³/mol. The molecule has 1 heterocycles. The van der Waals surface area contributed by atoms with Crippen LogP contribution in [0.1, 0.15) is 16.0 Å². The van der Waals surface area contributed by atoms with E-state index in [-0.39, 0.29) is 35.5 Å². The van der Waals surface area contributed by atoms with E-state index in [2.05, 4.69) is 15.6 Å². The van der Waals surface area contributed by atoms with Gasteiger partial charge in [-0.05, 0) is 23.1 Å². The highest BCUT2D eigenvalue weighted by Gasteiger charge is 2.06. The van der Waals surface area contributed by atoms with E-state index in [9.17, 15) is 14.5 Å². The first-order valence-electron chi connectivity index (χ1n) is 8.63. The number of rotatable bonds is 7. The van der Waals surface area contributed by atoms with Crippen molar-refractivity contribution in [1.29, 1.82) is 0 Å². The van der Waals surface area contributed by atoms with Crippen LogP contribution >= 0.6 is 35.3 Å². The molecule has 0 aliphatic rings. The zero-order valence-electron chi connectivity index (χ0n) is 15.4. The first-order chi connectivity index (χ1) is 13.6. The minimum absolute atomic E-state index is 0.